The van der Waals surface area contributed by atoms with Crippen LogP contribution in [-0.2, 0) is 6.54 Å². The molecule has 2 rings (SSSR count). The van der Waals surface area contributed by atoms with Crippen LogP contribution in [0.15, 0.2) is 24.4 Å². The van der Waals surface area contributed by atoms with Gasteiger partial charge in [-0.3, -0.25) is 0 Å². The van der Waals surface area contributed by atoms with Crippen molar-refractivity contribution in [3.05, 3.63) is 45.4 Å². The van der Waals surface area contributed by atoms with Gasteiger partial charge in [-0.1, -0.05) is 6.07 Å². The van der Waals surface area contributed by atoms with Crippen LogP contribution in [0.1, 0.15) is 21.0 Å². The highest BCUT2D eigenvalue weighted by molar-refractivity contribution is 7.11. The second-order valence-electron chi connectivity index (χ2n) is 4.00. The fourth-order valence-electron chi connectivity index (χ4n) is 1.53. The summed E-state index contributed by atoms with van der Waals surface area (Å²) in [6.07, 6.45) is 1.94. The van der Waals surface area contributed by atoms with Gasteiger partial charge in [0.25, 0.3) is 0 Å². The molecule has 3 heteroatoms. The van der Waals surface area contributed by atoms with Gasteiger partial charge < -0.3 is 5.32 Å². The summed E-state index contributed by atoms with van der Waals surface area (Å²) >= 11 is 1.74. The fourth-order valence-corrected chi connectivity index (χ4v) is 2.26. The van der Waals surface area contributed by atoms with E-state index in [0.29, 0.717) is 0 Å². The van der Waals surface area contributed by atoms with Crippen molar-refractivity contribution < 1.29 is 0 Å². The van der Waals surface area contributed by atoms with Crippen LogP contribution in [-0.4, -0.2) is 4.98 Å². The second kappa shape index (κ2) is 4.66. The molecular weight excluding hydrogens is 216 g/mol. The smallest absolute Gasteiger partial charge is 0.0897 e. The molecule has 1 heterocycles. The van der Waals surface area contributed by atoms with Crippen molar-refractivity contribution in [1.82, 2.24) is 4.98 Å². The molecule has 0 radical (unpaired) electrons. The van der Waals surface area contributed by atoms with Crippen molar-refractivity contribution in [3.63, 3.8) is 0 Å². The van der Waals surface area contributed by atoms with E-state index >= 15 is 0 Å². The molecule has 0 saturated heterocycles. The van der Waals surface area contributed by atoms with Crippen molar-refractivity contribution in [2.75, 3.05) is 5.32 Å². The predicted octanol–water partition coefficient (Wildman–Crippen LogP) is 3.68. The molecule has 0 atom stereocenters. The average Bonchev–Trinajstić information content (AvgIpc) is 2.66. The van der Waals surface area contributed by atoms with Gasteiger partial charge in [-0.25, -0.2) is 4.98 Å². The molecule has 0 unspecified atom stereocenters. The lowest BCUT2D eigenvalue weighted by Crippen LogP contribution is -1.97. The zero-order valence-electron chi connectivity index (χ0n) is 9.87. The minimum Gasteiger partial charge on any atom is -0.380 e. The van der Waals surface area contributed by atoms with Crippen LogP contribution in [0, 0.1) is 20.8 Å². The molecule has 2 aromatic rings. The minimum atomic E-state index is 0.855. The van der Waals surface area contributed by atoms with Crippen molar-refractivity contribution in [1.29, 1.82) is 0 Å². The Kier molecular flexibility index (Phi) is 3.25. The summed E-state index contributed by atoms with van der Waals surface area (Å²) in [5.41, 5.74) is 3.83. The van der Waals surface area contributed by atoms with Crippen LogP contribution in [0.2, 0.25) is 0 Å². The number of hydrogen-bond donors (Lipinski definition) is 1. The van der Waals surface area contributed by atoms with Crippen LogP contribution < -0.4 is 5.32 Å². The molecule has 1 aromatic carbocycles. The molecule has 0 fully saturated rings. The molecule has 0 aliphatic rings. The first-order valence-electron chi connectivity index (χ1n) is 5.37. The number of benzene rings is 1. The van der Waals surface area contributed by atoms with E-state index in [0.717, 1.165) is 11.6 Å². The predicted molar refractivity (Wildman–Crippen MR) is 70.1 cm³/mol. The molecule has 0 saturated carbocycles. The van der Waals surface area contributed by atoms with E-state index in [4.69, 9.17) is 0 Å². The zero-order chi connectivity index (χ0) is 11.5. The number of anilines is 1. The number of nitrogens with one attached hydrogen (secondary N) is 1. The van der Waals surface area contributed by atoms with Gasteiger partial charge >= 0.3 is 0 Å². The number of aryl methyl sites for hydroxylation is 3. The second-order valence-corrected chi connectivity index (χ2v) is 5.32. The third kappa shape index (κ3) is 2.61. The zero-order valence-corrected chi connectivity index (χ0v) is 10.7. The average molecular weight is 232 g/mol. The third-order valence-corrected chi connectivity index (χ3v) is 3.56. The Morgan fingerprint density at radius 3 is 2.62 bits per heavy atom. The highest BCUT2D eigenvalue weighted by atomic mass is 32.1. The van der Waals surface area contributed by atoms with Crippen LogP contribution >= 0.6 is 11.3 Å². The van der Waals surface area contributed by atoms with Gasteiger partial charge in [0.15, 0.2) is 0 Å². The van der Waals surface area contributed by atoms with Crippen molar-refractivity contribution in [2.45, 2.75) is 27.3 Å². The van der Waals surface area contributed by atoms with Crippen molar-refractivity contribution in [2.24, 2.45) is 0 Å². The maximum Gasteiger partial charge on any atom is 0.0897 e. The first kappa shape index (κ1) is 11.1. The lowest BCUT2D eigenvalue weighted by molar-refractivity contribution is 1.16. The van der Waals surface area contributed by atoms with Gasteiger partial charge in [0.05, 0.1) is 11.6 Å². The third-order valence-electron chi connectivity index (χ3n) is 2.64. The molecule has 16 heavy (non-hydrogen) atoms. The molecule has 84 valence electrons. The molecular formula is C13H16N2S. The van der Waals surface area contributed by atoms with E-state index in [9.17, 15) is 0 Å². The largest absolute Gasteiger partial charge is 0.380 e. The summed E-state index contributed by atoms with van der Waals surface area (Å²) in [5.74, 6) is 0. The monoisotopic (exact) mass is 232 g/mol. The van der Waals surface area contributed by atoms with Gasteiger partial charge in [-0.15, -0.1) is 11.3 Å². The number of hydrogen-bond acceptors (Lipinski definition) is 3. The number of aromatic nitrogens is 1. The summed E-state index contributed by atoms with van der Waals surface area (Å²) in [6, 6.07) is 6.45. The van der Waals surface area contributed by atoms with E-state index in [-0.39, 0.29) is 0 Å². The summed E-state index contributed by atoms with van der Waals surface area (Å²) in [6.45, 7) is 7.15. The van der Waals surface area contributed by atoms with Gasteiger partial charge in [-0.05, 0) is 44.0 Å². The quantitative estimate of drug-likeness (QED) is 0.873. The normalized spacial score (nSPS) is 10.4. The SMILES string of the molecule is Cc1ncc(CNc2ccc(C)c(C)c2)s1. The van der Waals surface area contributed by atoms with Crippen molar-refractivity contribution in [3.8, 4) is 0 Å². The Hall–Kier alpha value is -1.35. The first-order chi connectivity index (χ1) is 7.65. The molecule has 1 N–H and O–H groups in total. The van der Waals surface area contributed by atoms with Gasteiger partial charge in [0, 0.05) is 16.8 Å². The first-order valence-corrected chi connectivity index (χ1v) is 6.19. The van der Waals surface area contributed by atoms with E-state index in [1.165, 1.54) is 21.7 Å². The van der Waals surface area contributed by atoms with E-state index < -0.39 is 0 Å². The summed E-state index contributed by atoms with van der Waals surface area (Å²) in [5, 5.41) is 4.53. The number of thiazole rings is 1. The molecule has 1 aromatic heterocycles. The lowest BCUT2D eigenvalue weighted by Gasteiger charge is -2.07. The van der Waals surface area contributed by atoms with Crippen LogP contribution in [0.25, 0.3) is 0 Å². The van der Waals surface area contributed by atoms with Crippen LogP contribution in [0.4, 0.5) is 5.69 Å². The molecule has 2 nitrogen and oxygen atoms in total. The van der Waals surface area contributed by atoms with Crippen LogP contribution in [0.3, 0.4) is 0 Å². The maximum absolute atomic E-state index is 4.24. The number of nitrogens with zero attached hydrogens (tertiary/aromatic N) is 1. The Morgan fingerprint density at radius 1 is 1.19 bits per heavy atom. The Balaban J connectivity index is 2.02. The molecule has 0 aliphatic heterocycles. The van der Waals surface area contributed by atoms with Gasteiger partial charge in [-0.2, -0.15) is 0 Å². The minimum absolute atomic E-state index is 0.855. The maximum atomic E-state index is 4.24. The van der Waals surface area contributed by atoms with E-state index in [2.05, 4.69) is 42.3 Å². The molecule has 0 spiro atoms. The standard InChI is InChI=1S/C13H16N2S/c1-9-4-5-12(6-10(9)2)15-8-13-7-14-11(3)16-13/h4-7,15H,8H2,1-3H3. The molecule has 0 bridgehead atoms. The van der Waals surface area contributed by atoms with E-state index in [1.54, 1.807) is 11.3 Å². The Morgan fingerprint density at radius 2 is 2.00 bits per heavy atom. The fraction of sp³-hybridized carbons (Fsp3) is 0.308. The molecule has 0 aliphatic carbocycles. The topological polar surface area (TPSA) is 24.9 Å². The van der Waals surface area contributed by atoms with Crippen molar-refractivity contribution >= 4 is 17.0 Å². The van der Waals surface area contributed by atoms with Gasteiger partial charge in [0.2, 0.25) is 0 Å². The molecule has 0 amide bonds. The summed E-state index contributed by atoms with van der Waals surface area (Å²) in [4.78, 5) is 5.51. The van der Waals surface area contributed by atoms with Gasteiger partial charge in [0.1, 0.15) is 0 Å². The summed E-state index contributed by atoms with van der Waals surface area (Å²) < 4.78 is 0. The highest BCUT2D eigenvalue weighted by Gasteiger charge is 1.99. The number of rotatable bonds is 3. The lowest BCUT2D eigenvalue weighted by atomic mass is 10.1. The van der Waals surface area contributed by atoms with E-state index in [1.807, 2.05) is 13.1 Å². The Bertz CT molecular complexity index is 488. The Labute approximate surface area is 100 Å². The van der Waals surface area contributed by atoms with Crippen LogP contribution in [0.5, 0.6) is 0 Å². The highest BCUT2D eigenvalue weighted by Crippen LogP contribution is 2.17. The summed E-state index contributed by atoms with van der Waals surface area (Å²) in [7, 11) is 0.